The molecule has 1 N–H and O–H groups in total. The molecule has 2 amide bonds. The van der Waals surface area contributed by atoms with Crippen LogP contribution in [-0.2, 0) is 14.3 Å². The lowest BCUT2D eigenvalue weighted by atomic mass is 10.1. The summed E-state index contributed by atoms with van der Waals surface area (Å²) >= 11 is 0. The van der Waals surface area contributed by atoms with E-state index in [2.05, 4.69) is 10.2 Å². The van der Waals surface area contributed by atoms with Gasteiger partial charge in [0.1, 0.15) is 18.1 Å². The second-order valence-corrected chi connectivity index (χ2v) is 7.01. The maximum absolute atomic E-state index is 12.3. The molecular formula is C20H29N3O5. The number of nitrogens with zero attached hydrogens (tertiary/aromatic N) is 2. The van der Waals surface area contributed by atoms with E-state index in [0.29, 0.717) is 26.2 Å². The van der Waals surface area contributed by atoms with E-state index in [-0.39, 0.29) is 24.2 Å². The molecular weight excluding hydrogens is 362 g/mol. The number of morpholine rings is 1. The highest BCUT2D eigenvalue weighted by Crippen LogP contribution is 2.18. The minimum atomic E-state index is -0.279. The number of nitrogens with one attached hydrogen (secondary N) is 1. The molecule has 0 bridgehead atoms. The Labute approximate surface area is 165 Å². The Hall–Kier alpha value is -2.32. The summed E-state index contributed by atoms with van der Waals surface area (Å²) in [6, 6.07) is 7.29. The van der Waals surface area contributed by atoms with Gasteiger partial charge in [-0.3, -0.25) is 14.5 Å². The Bertz CT molecular complexity index is 646. The van der Waals surface area contributed by atoms with Crippen molar-refractivity contribution in [2.24, 2.45) is 5.92 Å². The molecule has 154 valence electrons. The standard InChI is InChI=1S/C20H29N3O5/c1-26-17-2-4-18(5-3-17)28-11-6-21-20(25)16-14-19(24)23(15-16)8-7-22-9-12-27-13-10-22/h2-5,16H,6-15H2,1H3,(H,21,25). The van der Waals surface area contributed by atoms with Gasteiger partial charge in [-0.15, -0.1) is 0 Å². The fourth-order valence-electron chi connectivity index (χ4n) is 3.41. The van der Waals surface area contributed by atoms with Crippen molar-refractivity contribution in [1.29, 1.82) is 0 Å². The van der Waals surface area contributed by atoms with Crippen LogP contribution in [0, 0.1) is 5.92 Å². The van der Waals surface area contributed by atoms with Crippen molar-refractivity contribution in [3.63, 3.8) is 0 Å². The third kappa shape index (κ3) is 5.84. The highest BCUT2D eigenvalue weighted by molar-refractivity contribution is 5.89. The van der Waals surface area contributed by atoms with E-state index >= 15 is 0 Å². The molecule has 0 spiro atoms. The Balaban J connectivity index is 1.33. The number of methoxy groups -OCH3 is 1. The Morgan fingerprint density at radius 3 is 2.61 bits per heavy atom. The molecule has 3 rings (SSSR count). The van der Waals surface area contributed by atoms with Gasteiger partial charge in [0, 0.05) is 39.1 Å². The van der Waals surface area contributed by atoms with Gasteiger partial charge in [0.2, 0.25) is 11.8 Å². The Morgan fingerprint density at radius 1 is 1.18 bits per heavy atom. The molecule has 1 unspecified atom stereocenters. The average Bonchev–Trinajstić information content (AvgIpc) is 3.11. The minimum Gasteiger partial charge on any atom is -0.497 e. The number of likely N-dealkylation sites (tertiary alicyclic amines) is 1. The summed E-state index contributed by atoms with van der Waals surface area (Å²) in [6.07, 6.45) is 0.286. The molecule has 1 aromatic rings. The molecule has 2 saturated heterocycles. The van der Waals surface area contributed by atoms with E-state index in [1.165, 1.54) is 0 Å². The summed E-state index contributed by atoms with van der Waals surface area (Å²) in [7, 11) is 1.61. The van der Waals surface area contributed by atoms with Gasteiger partial charge in [0.25, 0.3) is 0 Å². The lowest BCUT2D eigenvalue weighted by Crippen LogP contribution is -2.42. The molecule has 2 aliphatic rings. The Kier molecular flexibility index (Phi) is 7.50. The van der Waals surface area contributed by atoms with Crippen molar-refractivity contribution >= 4 is 11.8 Å². The van der Waals surface area contributed by atoms with Crippen LogP contribution in [0.4, 0.5) is 0 Å². The van der Waals surface area contributed by atoms with Gasteiger partial charge in [-0.25, -0.2) is 0 Å². The van der Waals surface area contributed by atoms with E-state index in [1.807, 2.05) is 24.3 Å². The molecule has 0 radical (unpaired) electrons. The largest absolute Gasteiger partial charge is 0.497 e. The molecule has 2 heterocycles. The monoisotopic (exact) mass is 391 g/mol. The van der Waals surface area contributed by atoms with Crippen LogP contribution in [0.5, 0.6) is 11.5 Å². The number of rotatable bonds is 9. The van der Waals surface area contributed by atoms with Crippen LogP contribution in [-0.4, -0.2) is 87.8 Å². The first-order valence-corrected chi connectivity index (χ1v) is 9.78. The zero-order valence-electron chi connectivity index (χ0n) is 16.4. The first-order valence-electron chi connectivity index (χ1n) is 9.78. The maximum atomic E-state index is 12.3. The van der Waals surface area contributed by atoms with Gasteiger partial charge in [-0.1, -0.05) is 0 Å². The summed E-state index contributed by atoms with van der Waals surface area (Å²) in [5.41, 5.74) is 0. The lowest BCUT2D eigenvalue weighted by Gasteiger charge is -2.28. The quantitative estimate of drug-likeness (QED) is 0.613. The number of amides is 2. The number of benzene rings is 1. The molecule has 8 nitrogen and oxygen atoms in total. The van der Waals surface area contributed by atoms with E-state index in [9.17, 15) is 9.59 Å². The number of hydrogen-bond acceptors (Lipinski definition) is 6. The summed E-state index contributed by atoms with van der Waals surface area (Å²) in [4.78, 5) is 28.6. The molecule has 2 fully saturated rings. The molecule has 28 heavy (non-hydrogen) atoms. The van der Waals surface area contributed by atoms with E-state index in [0.717, 1.165) is 44.3 Å². The zero-order valence-corrected chi connectivity index (χ0v) is 16.4. The smallest absolute Gasteiger partial charge is 0.225 e. The highest BCUT2D eigenvalue weighted by atomic mass is 16.5. The minimum absolute atomic E-state index is 0.0582. The van der Waals surface area contributed by atoms with Crippen LogP contribution in [0.15, 0.2) is 24.3 Å². The van der Waals surface area contributed by atoms with Crippen molar-refractivity contribution in [1.82, 2.24) is 15.1 Å². The van der Waals surface area contributed by atoms with Gasteiger partial charge in [0.05, 0.1) is 32.8 Å². The van der Waals surface area contributed by atoms with E-state index in [4.69, 9.17) is 14.2 Å². The summed E-state index contributed by atoms with van der Waals surface area (Å²) in [5.74, 6) is 1.19. The van der Waals surface area contributed by atoms with Gasteiger partial charge in [0.15, 0.2) is 0 Å². The molecule has 0 saturated carbocycles. The van der Waals surface area contributed by atoms with Crippen LogP contribution in [0.3, 0.4) is 0 Å². The number of ether oxygens (including phenoxy) is 3. The van der Waals surface area contributed by atoms with Crippen molar-refractivity contribution < 1.29 is 23.8 Å². The SMILES string of the molecule is COc1ccc(OCCNC(=O)C2CC(=O)N(CCN3CCOCC3)C2)cc1. The number of carbonyl (C=O) groups is 2. The zero-order chi connectivity index (χ0) is 19.8. The second kappa shape index (κ2) is 10.3. The normalized spacial score (nSPS) is 20.2. The third-order valence-corrected chi connectivity index (χ3v) is 5.10. The van der Waals surface area contributed by atoms with Crippen LogP contribution < -0.4 is 14.8 Å². The first kappa shape index (κ1) is 20.4. The molecule has 2 aliphatic heterocycles. The Morgan fingerprint density at radius 2 is 1.89 bits per heavy atom. The van der Waals surface area contributed by atoms with Crippen LogP contribution >= 0.6 is 0 Å². The predicted molar refractivity (Wildman–Crippen MR) is 103 cm³/mol. The summed E-state index contributed by atoms with van der Waals surface area (Å²) in [5, 5.41) is 2.87. The van der Waals surface area contributed by atoms with Crippen molar-refractivity contribution in [2.75, 3.05) is 66.2 Å². The number of carbonyl (C=O) groups excluding carboxylic acids is 2. The summed E-state index contributed by atoms with van der Waals surface area (Å²) < 4.78 is 16.0. The molecule has 0 aromatic heterocycles. The van der Waals surface area contributed by atoms with Crippen LogP contribution in [0.25, 0.3) is 0 Å². The molecule has 1 aromatic carbocycles. The predicted octanol–water partition coefficient (Wildman–Crippen LogP) is 0.371. The van der Waals surface area contributed by atoms with E-state index < -0.39 is 0 Å². The highest BCUT2D eigenvalue weighted by Gasteiger charge is 2.34. The summed E-state index contributed by atoms with van der Waals surface area (Å²) in [6.45, 7) is 6.08. The average molecular weight is 391 g/mol. The van der Waals surface area contributed by atoms with Crippen molar-refractivity contribution in [3.05, 3.63) is 24.3 Å². The first-order chi connectivity index (χ1) is 13.7. The second-order valence-electron chi connectivity index (χ2n) is 7.01. The molecule has 0 aliphatic carbocycles. The van der Waals surface area contributed by atoms with Gasteiger partial charge in [-0.05, 0) is 24.3 Å². The number of hydrogen-bond donors (Lipinski definition) is 1. The van der Waals surface area contributed by atoms with Crippen LogP contribution in [0.1, 0.15) is 6.42 Å². The van der Waals surface area contributed by atoms with Gasteiger partial charge < -0.3 is 24.4 Å². The molecule has 1 atom stereocenters. The van der Waals surface area contributed by atoms with E-state index in [1.54, 1.807) is 12.0 Å². The topological polar surface area (TPSA) is 80.3 Å². The fraction of sp³-hybridized carbons (Fsp3) is 0.600. The van der Waals surface area contributed by atoms with Crippen LogP contribution in [0.2, 0.25) is 0 Å². The maximum Gasteiger partial charge on any atom is 0.225 e. The molecule has 8 heteroatoms. The lowest BCUT2D eigenvalue weighted by molar-refractivity contribution is -0.129. The van der Waals surface area contributed by atoms with Gasteiger partial charge in [-0.2, -0.15) is 0 Å². The van der Waals surface area contributed by atoms with Crippen molar-refractivity contribution in [2.45, 2.75) is 6.42 Å². The fourth-order valence-corrected chi connectivity index (χ4v) is 3.41. The third-order valence-electron chi connectivity index (χ3n) is 5.10. The van der Waals surface area contributed by atoms with Crippen molar-refractivity contribution in [3.8, 4) is 11.5 Å². The van der Waals surface area contributed by atoms with Gasteiger partial charge >= 0.3 is 0 Å².